The molecule has 0 aromatic heterocycles. The fourth-order valence-electron chi connectivity index (χ4n) is 0.671. The van der Waals surface area contributed by atoms with E-state index in [2.05, 4.69) is 25.7 Å². The third-order valence-electron chi connectivity index (χ3n) is 1.34. The molecule has 0 unspecified atom stereocenters. The van der Waals surface area contributed by atoms with Gasteiger partial charge in [0, 0.05) is 0 Å². The van der Waals surface area contributed by atoms with Crippen molar-refractivity contribution in [2.75, 3.05) is 19.6 Å². The maximum absolute atomic E-state index is 10.4. The van der Waals surface area contributed by atoms with Gasteiger partial charge < -0.3 is 4.90 Å². The first-order valence-corrected chi connectivity index (χ1v) is 26.5. The van der Waals surface area contributed by atoms with Crippen molar-refractivity contribution in [3.05, 3.63) is 0 Å². The van der Waals surface area contributed by atoms with Crippen molar-refractivity contribution in [1.29, 1.82) is 0 Å². The topological polar surface area (TPSA) is 348 Å². The van der Waals surface area contributed by atoms with Gasteiger partial charge in [-0.3, -0.25) is 0 Å². The molecule has 19 nitrogen and oxygen atoms in total. The van der Waals surface area contributed by atoms with Gasteiger partial charge in [0.1, 0.15) is 0 Å². The molecule has 0 aromatic rings. The first kappa shape index (κ1) is 54.3. The van der Waals surface area contributed by atoms with Crippen LogP contribution in [0.2, 0.25) is 0 Å². The molecule has 236 valence electrons. The predicted octanol–water partition coefficient (Wildman–Crippen LogP) is -5.81. The van der Waals surface area contributed by atoms with E-state index < -0.39 is 87.9 Å². The summed E-state index contributed by atoms with van der Waals surface area (Å²) in [5.41, 5.74) is 0. The van der Waals surface area contributed by atoms with Crippen LogP contribution in [0.5, 0.6) is 0 Å². The Morgan fingerprint density at radius 2 is 0.432 bits per heavy atom. The van der Waals surface area contributed by atoms with E-state index in [1.807, 2.05) is 0 Å². The van der Waals surface area contributed by atoms with Crippen molar-refractivity contribution in [3.63, 3.8) is 0 Å². The second-order valence-corrected chi connectivity index (χ2v) is 16.4. The quantitative estimate of drug-likeness (QED) is 0.0926. The van der Waals surface area contributed by atoms with E-state index in [4.69, 9.17) is 71.6 Å². The van der Waals surface area contributed by atoms with E-state index >= 15 is 0 Å². The Balaban J connectivity index is -0.0000000570. The van der Waals surface area contributed by atoms with E-state index in [-0.39, 0.29) is 0 Å². The van der Waals surface area contributed by atoms with Crippen LogP contribution in [0, 0.1) is 0 Å². The molecule has 12 N–H and O–H groups in total. The van der Waals surface area contributed by atoms with E-state index in [1.165, 1.54) is 19.6 Å². The van der Waals surface area contributed by atoms with Gasteiger partial charge in [0.05, 0.1) is 0 Å². The van der Waals surface area contributed by atoms with Crippen LogP contribution < -0.4 is 0 Å². The molecule has 0 bridgehead atoms. The fraction of sp³-hybridized carbons (Fsp3) is 1.00. The first-order chi connectivity index (χ1) is 15.3. The van der Waals surface area contributed by atoms with Crippen molar-refractivity contribution >= 4 is 87.9 Å². The summed E-state index contributed by atoms with van der Waals surface area (Å²) in [5.74, 6) is 0. The Hall–Kier alpha value is 1.21. The van der Waals surface area contributed by atoms with Gasteiger partial charge in [-0.25, -0.2) is 0 Å². The molecule has 0 rings (SSSR count). The van der Waals surface area contributed by atoms with E-state index in [0.29, 0.717) is 0 Å². The first-order valence-electron chi connectivity index (χ1n) is 7.58. The summed E-state index contributed by atoms with van der Waals surface area (Å²) in [6, 6.07) is 0. The van der Waals surface area contributed by atoms with Crippen molar-refractivity contribution in [1.82, 2.24) is 4.90 Å². The zero-order valence-electron chi connectivity index (χ0n) is 18.3. The van der Waals surface area contributed by atoms with Crippen molar-refractivity contribution in [3.8, 4) is 0 Å². The molecular formula is C6H27As6F6NO18. The molecule has 0 aliphatic heterocycles. The molecule has 0 radical (unpaired) electrons. The number of hydrogen-bond donors (Lipinski definition) is 12. The normalized spacial score (nSPS) is 11.5. The van der Waals surface area contributed by atoms with Gasteiger partial charge in [0.15, 0.2) is 0 Å². The average molecular weight is 965 g/mol. The van der Waals surface area contributed by atoms with Gasteiger partial charge in [-0.2, -0.15) is 0 Å². The minimum atomic E-state index is -5.62. The van der Waals surface area contributed by atoms with Gasteiger partial charge in [-0.05, 0) is 19.6 Å². The van der Waals surface area contributed by atoms with Gasteiger partial charge >= 0.3 is 180 Å². The molecule has 0 saturated carbocycles. The Bertz CT molecular complexity index is 583. The summed E-state index contributed by atoms with van der Waals surface area (Å²) in [6.07, 6.45) is 0. The third-order valence-corrected chi connectivity index (χ3v) is 1.34. The zero-order valence-corrected chi connectivity index (χ0v) is 29.6. The Morgan fingerprint density at radius 1 is 0.378 bits per heavy atom. The standard InChI is InChI=1S/C6H15N.6AsFH2O3/c1-4-7(5-2)6-3;6*2-1(3,4)5/h4-6H2,1-3H3;6*(H2,3,4,5). The summed E-state index contributed by atoms with van der Waals surface area (Å²) < 4.78 is 199. The van der Waals surface area contributed by atoms with Crippen LogP contribution in [-0.4, -0.2) is 162 Å². The maximum atomic E-state index is 10.4. The van der Waals surface area contributed by atoms with E-state index in [0.717, 1.165) is 0 Å². The van der Waals surface area contributed by atoms with Crippen LogP contribution in [0.15, 0.2) is 0 Å². The number of nitrogens with zero attached hydrogens (tertiary/aromatic N) is 1. The van der Waals surface area contributed by atoms with Crippen LogP contribution in [-0.2, 0) is 22.4 Å². The summed E-state index contributed by atoms with van der Waals surface area (Å²) in [7, 11) is 0. The third kappa shape index (κ3) is 887. The van der Waals surface area contributed by atoms with Crippen LogP contribution >= 0.6 is 0 Å². The molecule has 0 atom stereocenters. The van der Waals surface area contributed by atoms with E-state index in [1.54, 1.807) is 0 Å². The Morgan fingerprint density at radius 3 is 0.432 bits per heavy atom. The summed E-state index contributed by atoms with van der Waals surface area (Å²) in [6.45, 7) is 10.1. The van der Waals surface area contributed by atoms with Crippen molar-refractivity contribution in [2.24, 2.45) is 0 Å². The molecule has 0 saturated heterocycles. The SMILES string of the molecule is CCN(CC)CC.O=[As](O)(O)F.O=[As](O)(O)F.O=[As](O)(O)F.O=[As](O)(O)F.O=[As](O)(O)F.O=[As](O)(O)F. The number of hydrogen-bond acceptors (Lipinski definition) is 7. The predicted molar refractivity (Wildman–Crippen MR) is 105 cm³/mol. The molecular weight excluding hydrogens is 938 g/mol. The Labute approximate surface area is 224 Å². The average Bonchev–Trinajstić information content (AvgIpc) is 2.37. The molecule has 0 spiro atoms. The minimum absolute atomic E-state index is 1.19. The van der Waals surface area contributed by atoms with Crippen LogP contribution in [0.25, 0.3) is 0 Å². The van der Waals surface area contributed by atoms with Crippen LogP contribution in [0.4, 0.5) is 20.8 Å². The van der Waals surface area contributed by atoms with Gasteiger partial charge in [-0.15, -0.1) is 0 Å². The molecule has 37 heavy (non-hydrogen) atoms. The summed E-state index contributed by atoms with van der Waals surface area (Å²) in [4.78, 5) is 2.38. The Kier molecular flexibility index (Phi) is 38.4. The van der Waals surface area contributed by atoms with Crippen molar-refractivity contribution in [2.45, 2.75) is 20.8 Å². The monoisotopic (exact) mass is 965 g/mol. The molecule has 0 amide bonds. The molecule has 0 aliphatic rings. The molecule has 0 fully saturated rings. The van der Waals surface area contributed by atoms with Gasteiger partial charge in [0.2, 0.25) is 0 Å². The second-order valence-electron chi connectivity index (χ2n) is 4.46. The van der Waals surface area contributed by atoms with Gasteiger partial charge in [-0.1, -0.05) is 20.8 Å². The summed E-state index contributed by atoms with van der Waals surface area (Å²) >= 11 is -33.8. The van der Waals surface area contributed by atoms with Crippen LogP contribution in [0.3, 0.4) is 0 Å². The zero-order chi connectivity index (χ0) is 32.7. The van der Waals surface area contributed by atoms with Gasteiger partial charge in [0.25, 0.3) is 0 Å². The van der Waals surface area contributed by atoms with E-state index in [9.17, 15) is 20.8 Å². The summed E-state index contributed by atoms with van der Waals surface area (Å²) in [5, 5.41) is 0. The number of rotatable bonds is 3. The molecule has 0 heterocycles. The molecule has 0 aliphatic carbocycles. The fourth-order valence-corrected chi connectivity index (χ4v) is 0.671. The van der Waals surface area contributed by atoms with Crippen LogP contribution in [0.1, 0.15) is 20.8 Å². The number of halogens is 6. The molecule has 0 aromatic carbocycles. The second kappa shape index (κ2) is 26.1. The molecule has 31 heteroatoms. The van der Waals surface area contributed by atoms with Crippen molar-refractivity contribution < 1.29 is 92.4 Å².